The molecule has 0 radical (unpaired) electrons. The number of amides is 1. The Kier molecular flexibility index (Phi) is 4.59. The average Bonchev–Trinajstić information content (AvgIpc) is 2.98. The number of nitriles is 1. The van der Waals surface area contributed by atoms with Gasteiger partial charge in [0.1, 0.15) is 17.6 Å². The van der Waals surface area contributed by atoms with Crippen molar-refractivity contribution in [3.8, 4) is 6.07 Å². The minimum Gasteiger partial charge on any atom is -0.593 e. The second-order valence-electron chi connectivity index (χ2n) is 3.98. The molecule has 0 aliphatic heterocycles. The lowest BCUT2D eigenvalue weighted by atomic mass is 10.2. The van der Waals surface area contributed by atoms with Crippen LogP contribution in [0.4, 0.5) is 10.1 Å². The summed E-state index contributed by atoms with van der Waals surface area (Å²) >= 11 is -1.39. The number of aromatic amines is 1. The van der Waals surface area contributed by atoms with Crippen molar-refractivity contribution in [3.05, 3.63) is 47.5 Å². The molecule has 2 rings (SSSR count). The Bertz CT molecular complexity index is 710. The van der Waals surface area contributed by atoms with Crippen LogP contribution in [0.1, 0.15) is 16.1 Å². The molecule has 0 aliphatic rings. The van der Waals surface area contributed by atoms with Crippen molar-refractivity contribution in [1.29, 1.82) is 5.26 Å². The van der Waals surface area contributed by atoms with E-state index >= 15 is 0 Å². The maximum atomic E-state index is 13.2. The summed E-state index contributed by atoms with van der Waals surface area (Å²) in [4.78, 5) is 15.1. The summed E-state index contributed by atoms with van der Waals surface area (Å²) in [5.74, 6) is -1.13. The summed E-state index contributed by atoms with van der Waals surface area (Å²) in [5.41, 5.74) is 0.344. The summed E-state index contributed by atoms with van der Waals surface area (Å²) in [7, 11) is 1.53. The Morgan fingerprint density at radius 3 is 2.90 bits per heavy atom. The van der Waals surface area contributed by atoms with Gasteiger partial charge in [0, 0.05) is 18.8 Å². The zero-order chi connectivity index (χ0) is 15.4. The number of anilines is 1. The standard InChI is InChI=1S/C13H11FN4O2S/c1-16-21(20)10-5-12(17-7-10)13(19)18-9-2-3-11(14)8(4-9)6-15/h2-5,7,16-17H,1H3,(H,18,19). The highest BCUT2D eigenvalue weighted by atomic mass is 32.2. The van der Waals surface area contributed by atoms with Crippen molar-refractivity contribution < 1.29 is 13.7 Å². The SMILES string of the molecule is CN[S+]([O-])c1c[nH]c(C(=O)Nc2ccc(F)c(C#N)c2)c1. The third kappa shape index (κ3) is 3.41. The molecule has 1 amide bonds. The number of benzene rings is 1. The van der Waals surface area contributed by atoms with E-state index in [1.54, 1.807) is 6.07 Å². The predicted molar refractivity (Wildman–Crippen MR) is 75.3 cm³/mol. The van der Waals surface area contributed by atoms with E-state index in [0.717, 1.165) is 6.07 Å². The van der Waals surface area contributed by atoms with Gasteiger partial charge in [-0.25, -0.2) is 4.39 Å². The zero-order valence-corrected chi connectivity index (χ0v) is 11.8. The van der Waals surface area contributed by atoms with Gasteiger partial charge in [0.2, 0.25) is 0 Å². The molecule has 0 spiro atoms. The number of hydrogen-bond acceptors (Lipinski definition) is 4. The molecule has 6 nitrogen and oxygen atoms in total. The second-order valence-corrected chi connectivity index (χ2v) is 5.40. The van der Waals surface area contributed by atoms with Crippen LogP contribution in [0.3, 0.4) is 0 Å². The molecular weight excluding hydrogens is 295 g/mol. The molecule has 0 bridgehead atoms. The first kappa shape index (κ1) is 15.1. The Balaban J connectivity index is 2.15. The lowest BCUT2D eigenvalue weighted by Crippen LogP contribution is -2.18. The number of carbonyl (C=O) groups is 1. The number of aromatic nitrogens is 1. The summed E-state index contributed by atoms with van der Waals surface area (Å²) in [5, 5.41) is 11.3. The first-order valence-electron chi connectivity index (χ1n) is 5.83. The normalized spacial score (nSPS) is 11.7. The van der Waals surface area contributed by atoms with Crippen LogP contribution in [0.15, 0.2) is 35.4 Å². The summed E-state index contributed by atoms with van der Waals surface area (Å²) in [6, 6.07) is 6.83. The molecule has 3 N–H and O–H groups in total. The number of hydrogen-bond donors (Lipinski definition) is 3. The van der Waals surface area contributed by atoms with Gasteiger partial charge in [-0.1, -0.05) is 0 Å². The highest BCUT2D eigenvalue weighted by Crippen LogP contribution is 2.16. The van der Waals surface area contributed by atoms with Gasteiger partial charge < -0.3 is 14.9 Å². The minimum absolute atomic E-state index is 0.156. The highest BCUT2D eigenvalue weighted by molar-refractivity contribution is 7.89. The molecule has 1 unspecified atom stereocenters. The largest absolute Gasteiger partial charge is 0.593 e. The number of nitrogens with one attached hydrogen (secondary N) is 3. The molecule has 21 heavy (non-hydrogen) atoms. The molecule has 1 atom stereocenters. The van der Waals surface area contributed by atoms with Crippen LogP contribution in [0.2, 0.25) is 0 Å². The molecule has 2 aromatic rings. The van der Waals surface area contributed by atoms with Crippen molar-refractivity contribution in [1.82, 2.24) is 9.71 Å². The van der Waals surface area contributed by atoms with Crippen LogP contribution in [-0.4, -0.2) is 22.5 Å². The molecule has 0 saturated carbocycles. The first-order valence-corrected chi connectivity index (χ1v) is 6.98. The molecule has 108 valence electrons. The molecule has 1 heterocycles. The Labute approximate surface area is 123 Å². The predicted octanol–water partition coefficient (Wildman–Crippen LogP) is 1.52. The van der Waals surface area contributed by atoms with Crippen LogP contribution in [-0.2, 0) is 11.4 Å². The van der Waals surface area contributed by atoms with E-state index in [0.29, 0.717) is 10.6 Å². The van der Waals surface area contributed by atoms with Gasteiger partial charge in [-0.3, -0.25) is 4.79 Å². The first-order chi connectivity index (χ1) is 10.0. The van der Waals surface area contributed by atoms with E-state index in [1.807, 2.05) is 0 Å². The minimum atomic E-state index is -1.39. The quantitative estimate of drug-likeness (QED) is 0.745. The van der Waals surface area contributed by atoms with Crippen molar-refractivity contribution in [2.45, 2.75) is 4.90 Å². The summed E-state index contributed by atoms with van der Waals surface area (Å²) < 4.78 is 27.2. The topological polar surface area (TPSA) is 104 Å². The maximum Gasteiger partial charge on any atom is 0.272 e. The van der Waals surface area contributed by atoms with Crippen LogP contribution in [0, 0.1) is 17.1 Å². The average molecular weight is 306 g/mol. The lowest BCUT2D eigenvalue weighted by Gasteiger charge is -2.04. The van der Waals surface area contributed by atoms with Crippen molar-refractivity contribution in [3.63, 3.8) is 0 Å². The van der Waals surface area contributed by atoms with Gasteiger partial charge in [-0.05, 0) is 18.2 Å². The number of halogens is 1. The Morgan fingerprint density at radius 1 is 1.48 bits per heavy atom. The second kappa shape index (κ2) is 6.41. The van der Waals surface area contributed by atoms with Crippen molar-refractivity contribution in [2.75, 3.05) is 12.4 Å². The number of nitrogens with zero attached hydrogens (tertiary/aromatic N) is 1. The number of rotatable bonds is 4. The van der Waals surface area contributed by atoms with Crippen LogP contribution in [0.5, 0.6) is 0 Å². The van der Waals surface area contributed by atoms with Gasteiger partial charge in [0.25, 0.3) is 5.91 Å². The smallest absolute Gasteiger partial charge is 0.272 e. The van der Waals surface area contributed by atoms with E-state index in [1.165, 1.54) is 31.4 Å². The van der Waals surface area contributed by atoms with E-state index < -0.39 is 23.1 Å². The zero-order valence-electron chi connectivity index (χ0n) is 10.9. The van der Waals surface area contributed by atoms with Gasteiger partial charge >= 0.3 is 0 Å². The Hall–Kier alpha value is -2.34. The van der Waals surface area contributed by atoms with Crippen LogP contribution >= 0.6 is 0 Å². The fourth-order valence-electron chi connectivity index (χ4n) is 1.62. The molecule has 0 fully saturated rings. The maximum absolute atomic E-state index is 13.2. The molecule has 1 aromatic heterocycles. The molecule has 0 aliphatic carbocycles. The van der Waals surface area contributed by atoms with E-state index in [4.69, 9.17) is 5.26 Å². The molecule has 1 aromatic carbocycles. The number of H-pyrrole nitrogens is 1. The molecule has 8 heteroatoms. The monoisotopic (exact) mass is 306 g/mol. The Morgan fingerprint density at radius 2 is 2.24 bits per heavy atom. The van der Waals surface area contributed by atoms with E-state index in [2.05, 4.69) is 15.0 Å². The van der Waals surface area contributed by atoms with Crippen LogP contribution < -0.4 is 10.0 Å². The van der Waals surface area contributed by atoms with Crippen LogP contribution in [0.25, 0.3) is 0 Å². The van der Waals surface area contributed by atoms with Gasteiger partial charge in [0.05, 0.1) is 23.1 Å². The fourth-order valence-corrected chi connectivity index (χ4v) is 2.24. The molecular formula is C13H11FN4O2S. The third-order valence-electron chi connectivity index (χ3n) is 2.65. The lowest BCUT2D eigenvalue weighted by molar-refractivity contribution is 0.102. The van der Waals surface area contributed by atoms with Gasteiger partial charge in [0.15, 0.2) is 4.90 Å². The summed E-state index contributed by atoms with van der Waals surface area (Å²) in [6.07, 6.45) is 1.45. The number of carbonyl (C=O) groups excluding carboxylic acids is 1. The van der Waals surface area contributed by atoms with Crippen molar-refractivity contribution in [2.24, 2.45) is 0 Å². The van der Waals surface area contributed by atoms with Crippen molar-refractivity contribution >= 4 is 23.0 Å². The third-order valence-corrected chi connectivity index (χ3v) is 3.68. The van der Waals surface area contributed by atoms with Gasteiger partial charge in [-0.2, -0.15) is 5.26 Å². The molecule has 0 saturated heterocycles. The van der Waals surface area contributed by atoms with E-state index in [-0.39, 0.29) is 11.3 Å². The summed E-state index contributed by atoms with van der Waals surface area (Å²) in [6.45, 7) is 0. The fraction of sp³-hybridized carbons (Fsp3) is 0.0769. The van der Waals surface area contributed by atoms with Gasteiger partial charge in [-0.15, -0.1) is 4.72 Å². The highest BCUT2D eigenvalue weighted by Gasteiger charge is 2.16. The van der Waals surface area contributed by atoms with E-state index in [9.17, 15) is 13.7 Å².